The Labute approximate surface area is 225 Å². The summed E-state index contributed by atoms with van der Waals surface area (Å²) in [4.78, 5) is 49.8. The second kappa shape index (κ2) is 9.39. The van der Waals surface area contributed by atoms with Crippen LogP contribution in [0.1, 0.15) is 37.3 Å². The van der Waals surface area contributed by atoms with Crippen LogP contribution in [0.15, 0.2) is 24.0 Å². The number of carboxylic acids is 1. The molecule has 0 saturated carbocycles. The molecule has 0 unspecified atom stereocenters. The van der Waals surface area contributed by atoms with Gasteiger partial charge in [0.15, 0.2) is 17.6 Å². The van der Waals surface area contributed by atoms with Gasteiger partial charge in [-0.15, -0.1) is 0 Å². The summed E-state index contributed by atoms with van der Waals surface area (Å²) in [5.74, 6) is -5.43. The van der Waals surface area contributed by atoms with E-state index in [0.717, 1.165) is 12.5 Å². The van der Waals surface area contributed by atoms with E-state index in [9.17, 15) is 37.5 Å². The minimum absolute atomic E-state index is 0.0787. The van der Waals surface area contributed by atoms with Crippen LogP contribution >= 0.6 is 0 Å². The Hall–Kier alpha value is -3.81. The average molecular weight is 569 g/mol. The number of likely N-dealkylation sites (N-methyl/N-ethyl adjacent to an activating group) is 1. The summed E-state index contributed by atoms with van der Waals surface area (Å²) in [6.45, 7) is 1.39. The van der Waals surface area contributed by atoms with Crippen molar-refractivity contribution in [3.8, 4) is 11.5 Å². The molecule has 1 N–H and O–H groups in total. The molecule has 14 heteroatoms. The number of piperidine rings is 1. The van der Waals surface area contributed by atoms with E-state index in [1.54, 1.807) is 19.2 Å². The van der Waals surface area contributed by atoms with Crippen molar-refractivity contribution in [2.45, 2.75) is 68.0 Å². The molecule has 2 bridgehead atoms. The summed E-state index contributed by atoms with van der Waals surface area (Å²) in [5.41, 5.74) is -1.82. The maximum atomic E-state index is 13.6. The third-order valence-corrected chi connectivity index (χ3v) is 8.19. The minimum atomic E-state index is -5.26. The minimum Gasteiger partial charge on any atom is -0.493 e. The average Bonchev–Trinajstić information content (AvgIpc) is 3.22. The van der Waals surface area contributed by atoms with Crippen LogP contribution in [0.3, 0.4) is 0 Å². The Morgan fingerprint density at radius 3 is 2.60 bits per heavy atom. The van der Waals surface area contributed by atoms with Crippen molar-refractivity contribution in [3.63, 3.8) is 0 Å². The van der Waals surface area contributed by atoms with Crippen LogP contribution in [-0.2, 0) is 45.2 Å². The number of carboxylic acid groups (broad SMARTS) is 1. The summed E-state index contributed by atoms with van der Waals surface area (Å²) < 4.78 is 68.2. The highest BCUT2D eigenvalue weighted by Gasteiger charge is 2.75. The van der Waals surface area contributed by atoms with Crippen LogP contribution < -0.4 is 9.47 Å². The number of carbonyl (C=O) groups is 4. The van der Waals surface area contributed by atoms with E-state index in [4.69, 9.17) is 18.9 Å². The first-order chi connectivity index (χ1) is 18.7. The van der Waals surface area contributed by atoms with Crippen molar-refractivity contribution in [2.75, 3.05) is 20.7 Å². The van der Waals surface area contributed by atoms with Crippen molar-refractivity contribution < 1.29 is 61.1 Å². The maximum absolute atomic E-state index is 13.6. The number of benzene rings is 1. The van der Waals surface area contributed by atoms with Crippen molar-refractivity contribution >= 4 is 23.9 Å². The number of rotatable bonds is 7. The molecule has 2 aliphatic carbocycles. The van der Waals surface area contributed by atoms with Gasteiger partial charge in [-0.25, -0.2) is 9.59 Å². The molecule has 1 fully saturated rings. The van der Waals surface area contributed by atoms with Crippen LogP contribution in [0.25, 0.3) is 0 Å². The van der Waals surface area contributed by atoms with Crippen LogP contribution in [0, 0.1) is 0 Å². The Morgan fingerprint density at radius 2 is 1.98 bits per heavy atom. The highest BCUT2D eigenvalue weighted by Crippen LogP contribution is 2.66. The summed E-state index contributed by atoms with van der Waals surface area (Å²) >= 11 is 0. The fourth-order valence-corrected chi connectivity index (χ4v) is 6.68. The van der Waals surface area contributed by atoms with Crippen LogP contribution in [0.2, 0.25) is 0 Å². The van der Waals surface area contributed by atoms with E-state index in [2.05, 4.69) is 4.74 Å². The van der Waals surface area contributed by atoms with Gasteiger partial charge in [-0.2, -0.15) is 13.2 Å². The first-order valence-corrected chi connectivity index (χ1v) is 12.4. The van der Waals surface area contributed by atoms with Gasteiger partial charge in [-0.05, 0) is 44.1 Å². The first kappa shape index (κ1) is 27.7. The first-order valence-electron chi connectivity index (χ1n) is 12.4. The van der Waals surface area contributed by atoms with Crippen molar-refractivity contribution in [1.82, 2.24) is 4.90 Å². The molecular weight excluding hydrogens is 543 g/mol. The molecular formula is C26H26F3NO10. The van der Waals surface area contributed by atoms with Gasteiger partial charge >= 0.3 is 30.1 Å². The van der Waals surface area contributed by atoms with E-state index >= 15 is 0 Å². The number of carbonyl (C=O) groups excluding carboxylic acids is 3. The zero-order valence-electron chi connectivity index (χ0n) is 21.7. The van der Waals surface area contributed by atoms with Gasteiger partial charge < -0.3 is 28.8 Å². The summed E-state index contributed by atoms with van der Waals surface area (Å²) in [6, 6.07) is 2.78. The van der Waals surface area contributed by atoms with Crippen molar-refractivity contribution in [2.24, 2.45) is 0 Å². The van der Waals surface area contributed by atoms with E-state index < -0.39 is 65.7 Å². The second-order valence-electron chi connectivity index (χ2n) is 10.3. The molecule has 216 valence electrons. The highest BCUT2D eigenvalue weighted by atomic mass is 19.4. The maximum Gasteiger partial charge on any atom is 0.490 e. The zero-order valence-corrected chi connectivity index (χ0v) is 21.7. The van der Waals surface area contributed by atoms with Crippen molar-refractivity contribution in [3.05, 3.63) is 35.1 Å². The quantitative estimate of drug-likeness (QED) is 0.381. The number of nitrogens with zero attached hydrogens (tertiary/aromatic N) is 1. The molecule has 40 heavy (non-hydrogen) atoms. The molecule has 0 aromatic heterocycles. The summed E-state index contributed by atoms with van der Waals surface area (Å²) in [7, 11) is 3.14. The van der Waals surface area contributed by atoms with Gasteiger partial charge in [0.2, 0.25) is 6.10 Å². The Morgan fingerprint density at radius 1 is 1.25 bits per heavy atom. The number of hydrogen-bond donors (Lipinski definition) is 1. The van der Waals surface area contributed by atoms with Crippen LogP contribution in [0.5, 0.6) is 11.5 Å². The molecule has 0 amide bonds. The molecule has 5 rings (SSSR count). The number of esters is 3. The fraction of sp³-hybridized carbons (Fsp3) is 0.538. The van der Waals surface area contributed by atoms with Gasteiger partial charge in [0.25, 0.3) is 0 Å². The lowest BCUT2D eigenvalue weighted by atomic mass is 9.50. The molecule has 4 aliphatic rings. The van der Waals surface area contributed by atoms with Gasteiger partial charge in [0.05, 0.1) is 25.0 Å². The molecule has 2 heterocycles. The Balaban J connectivity index is 1.61. The molecule has 1 aromatic carbocycles. The molecule has 5 atom stereocenters. The van der Waals surface area contributed by atoms with Crippen molar-refractivity contribution in [1.29, 1.82) is 0 Å². The molecule has 2 aliphatic heterocycles. The highest BCUT2D eigenvalue weighted by molar-refractivity contribution is 5.83. The van der Waals surface area contributed by atoms with Gasteiger partial charge in [-0.1, -0.05) is 6.07 Å². The van der Waals surface area contributed by atoms with E-state index in [0.29, 0.717) is 17.9 Å². The molecule has 11 nitrogen and oxygen atoms in total. The third-order valence-electron chi connectivity index (χ3n) is 8.19. The van der Waals surface area contributed by atoms with E-state index in [1.807, 2.05) is 4.90 Å². The number of ether oxygens (including phenoxy) is 5. The smallest absolute Gasteiger partial charge is 0.490 e. The number of hydrogen-bond acceptors (Lipinski definition) is 10. The van der Waals surface area contributed by atoms with Gasteiger partial charge in [0.1, 0.15) is 11.4 Å². The zero-order chi connectivity index (χ0) is 29.2. The summed E-state index contributed by atoms with van der Waals surface area (Å²) in [5, 5.41) is 9.32. The second-order valence-corrected chi connectivity index (χ2v) is 10.3. The topological polar surface area (TPSA) is 138 Å². The Kier molecular flexibility index (Phi) is 6.51. The fourth-order valence-electron chi connectivity index (χ4n) is 6.68. The molecule has 0 radical (unpaired) electrons. The number of halogens is 3. The van der Waals surface area contributed by atoms with Gasteiger partial charge in [-0.3, -0.25) is 14.5 Å². The predicted molar refractivity (Wildman–Crippen MR) is 125 cm³/mol. The van der Waals surface area contributed by atoms with E-state index in [1.165, 1.54) is 13.2 Å². The number of likely N-dealkylation sites (tertiary alicyclic amines) is 1. The lowest BCUT2D eigenvalue weighted by molar-refractivity contribution is -0.242. The SMILES string of the molecule is COc1ccc2c3c1O[C@H]1C(OC(=O)C[C@H](OC(C)=O)C(=O)O)=CC[C@@]4(OC(=O)C(F)(F)F)[C@@H](C2)N(C)CC[C@]314. The predicted octanol–water partition coefficient (Wildman–Crippen LogP) is 2.04. The van der Waals surface area contributed by atoms with E-state index in [-0.39, 0.29) is 30.8 Å². The van der Waals surface area contributed by atoms with Gasteiger partial charge in [0, 0.05) is 18.9 Å². The van der Waals surface area contributed by atoms with Crippen LogP contribution in [-0.4, -0.2) is 84.6 Å². The lowest BCUT2D eigenvalue weighted by Gasteiger charge is -2.62. The lowest BCUT2D eigenvalue weighted by Crippen LogP contribution is -2.76. The number of methoxy groups -OCH3 is 1. The van der Waals surface area contributed by atoms with Crippen LogP contribution in [0.4, 0.5) is 13.2 Å². The largest absolute Gasteiger partial charge is 0.493 e. The monoisotopic (exact) mass is 569 g/mol. The number of alkyl halides is 3. The normalized spacial score (nSPS) is 28.8. The molecule has 1 aromatic rings. The molecule has 1 spiro atoms. The third kappa shape index (κ3) is 3.99. The Bertz CT molecular complexity index is 1330. The summed E-state index contributed by atoms with van der Waals surface area (Å²) in [6.07, 6.45) is -7.56. The molecule has 1 saturated heterocycles. The number of aliphatic carboxylic acids is 1. The standard InChI is InChI=1S/C26H26F3NO10/c1-12(31)37-16(22(33)34)11-18(32)38-15-6-7-25(40-23(35)26(27,28)29)17-10-13-4-5-14(36-3)20-19(13)24(25,21(15)39-20)8-9-30(17)2/h4-6,16-17,21H,7-11H2,1-3H3,(H,33,34)/t16-,17+,21-,24-,25+/m0/s1.